The van der Waals surface area contributed by atoms with Gasteiger partial charge in [-0.1, -0.05) is 31.5 Å². The summed E-state index contributed by atoms with van der Waals surface area (Å²) in [4.78, 5) is 4.57. The van der Waals surface area contributed by atoms with Gasteiger partial charge in [0.05, 0.1) is 0 Å². The Balaban J connectivity index is 0.00000400. The maximum atomic E-state index is 4.57. The van der Waals surface area contributed by atoms with Gasteiger partial charge in [-0.25, -0.2) is 0 Å². The molecule has 0 aliphatic rings. The number of hydrogen-bond acceptors (Lipinski definition) is 2. The van der Waals surface area contributed by atoms with E-state index in [4.69, 9.17) is 0 Å². The third-order valence-corrected chi connectivity index (χ3v) is 2.87. The minimum absolute atomic E-state index is 0. The van der Waals surface area contributed by atoms with E-state index < -0.39 is 0 Å². The van der Waals surface area contributed by atoms with Crippen LogP contribution in [0, 0.1) is 0 Å². The molecule has 0 aliphatic carbocycles. The van der Waals surface area contributed by atoms with Crippen molar-refractivity contribution in [2.45, 2.75) is 33.1 Å². The highest BCUT2D eigenvalue weighted by Gasteiger charge is 1.95. The van der Waals surface area contributed by atoms with Gasteiger partial charge in [0, 0.05) is 31.9 Å². The fraction of sp³-hybridized carbons (Fsp3) is 0.562. The van der Waals surface area contributed by atoms with Crippen LogP contribution in [0.3, 0.4) is 0 Å². The minimum Gasteiger partial charge on any atom is -0.385 e. The minimum atomic E-state index is 0. The van der Waals surface area contributed by atoms with Gasteiger partial charge in [-0.3, -0.25) is 4.99 Å². The Labute approximate surface area is 146 Å². The molecule has 1 aromatic rings. The Morgan fingerprint density at radius 3 is 2.43 bits per heavy atom. The summed E-state index contributed by atoms with van der Waals surface area (Å²) in [6.07, 6.45) is 3.41. The maximum Gasteiger partial charge on any atom is 0.191 e. The average molecular weight is 404 g/mol. The van der Waals surface area contributed by atoms with Crippen molar-refractivity contribution < 1.29 is 0 Å². The van der Waals surface area contributed by atoms with Crippen molar-refractivity contribution in [1.82, 2.24) is 10.6 Å². The molecule has 0 fully saturated rings. The molecule has 0 aliphatic heterocycles. The molecular weight excluding hydrogens is 375 g/mol. The Bertz CT molecular complexity index is 368. The molecule has 0 saturated heterocycles. The third kappa shape index (κ3) is 10.4. The average Bonchev–Trinajstić information content (AvgIpc) is 2.48. The number of halogens is 1. The molecule has 3 N–H and O–H groups in total. The van der Waals surface area contributed by atoms with Gasteiger partial charge in [0.25, 0.3) is 0 Å². The molecule has 0 spiro atoms. The largest absolute Gasteiger partial charge is 0.385 e. The van der Waals surface area contributed by atoms with Crippen LogP contribution in [0.1, 0.15) is 33.1 Å². The molecular formula is C16H29IN4. The van der Waals surface area contributed by atoms with E-state index in [1.54, 1.807) is 0 Å². The first-order valence-electron chi connectivity index (χ1n) is 7.68. The Morgan fingerprint density at radius 2 is 1.76 bits per heavy atom. The zero-order valence-electron chi connectivity index (χ0n) is 13.2. The molecule has 1 aromatic carbocycles. The van der Waals surface area contributed by atoms with E-state index in [2.05, 4.69) is 46.9 Å². The van der Waals surface area contributed by atoms with Crippen LogP contribution in [0.4, 0.5) is 5.69 Å². The maximum absolute atomic E-state index is 4.57. The lowest BCUT2D eigenvalue weighted by molar-refractivity contribution is 0.727. The zero-order chi connectivity index (χ0) is 14.5. The molecule has 5 heteroatoms. The second kappa shape index (κ2) is 14.0. The summed E-state index contributed by atoms with van der Waals surface area (Å²) in [5.74, 6) is 0.931. The Morgan fingerprint density at radius 1 is 1.00 bits per heavy atom. The molecule has 4 nitrogen and oxygen atoms in total. The molecule has 0 unspecified atom stereocenters. The van der Waals surface area contributed by atoms with Crippen LogP contribution >= 0.6 is 24.0 Å². The van der Waals surface area contributed by atoms with Crippen LogP contribution in [-0.2, 0) is 0 Å². The molecule has 0 aromatic heterocycles. The highest BCUT2D eigenvalue weighted by molar-refractivity contribution is 14.0. The van der Waals surface area contributed by atoms with Gasteiger partial charge < -0.3 is 16.0 Å². The number of benzene rings is 1. The van der Waals surface area contributed by atoms with Gasteiger partial charge in [-0.2, -0.15) is 0 Å². The van der Waals surface area contributed by atoms with Gasteiger partial charge >= 0.3 is 0 Å². The van der Waals surface area contributed by atoms with Crippen molar-refractivity contribution in [2.24, 2.45) is 4.99 Å². The van der Waals surface area contributed by atoms with Crippen LogP contribution in [0.25, 0.3) is 0 Å². The normalized spacial score (nSPS) is 10.7. The SMILES string of the molecule is CCCCNC(=NCCCNc1ccccc1)NCC.I. The second-order valence-corrected chi connectivity index (χ2v) is 4.69. The van der Waals surface area contributed by atoms with Crippen LogP contribution < -0.4 is 16.0 Å². The summed E-state index contributed by atoms with van der Waals surface area (Å²) in [5.41, 5.74) is 1.17. The predicted octanol–water partition coefficient (Wildman–Crippen LogP) is 3.46. The first-order valence-corrected chi connectivity index (χ1v) is 7.68. The number of rotatable bonds is 9. The van der Waals surface area contributed by atoms with Gasteiger partial charge in [0.2, 0.25) is 0 Å². The smallest absolute Gasteiger partial charge is 0.191 e. The third-order valence-electron chi connectivity index (χ3n) is 2.87. The van der Waals surface area contributed by atoms with Crippen LogP contribution in [-0.4, -0.2) is 32.1 Å². The van der Waals surface area contributed by atoms with Gasteiger partial charge in [-0.05, 0) is 31.9 Å². The molecule has 0 amide bonds. The first-order chi connectivity index (χ1) is 9.86. The van der Waals surface area contributed by atoms with Gasteiger partial charge in [0.1, 0.15) is 0 Å². The fourth-order valence-electron chi connectivity index (χ4n) is 1.78. The molecule has 0 bridgehead atoms. The van der Waals surface area contributed by atoms with Gasteiger partial charge in [0.15, 0.2) is 5.96 Å². The summed E-state index contributed by atoms with van der Waals surface area (Å²) in [6, 6.07) is 10.3. The van der Waals surface area contributed by atoms with E-state index in [1.807, 2.05) is 18.2 Å². The fourth-order valence-corrected chi connectivity index (χ4v) is 1.78. The molecule has 21 heavy (non-hydrogen) atoms. The Kier molecular flexibility index (Phi) is 13.3. The van der Waals surface area contributed by atoms with E-state index in [-0.39, 0.29) is 24.0 Å². The first kappa shape index (κ1) is 20.0. The second-order valence-electron chi connectivity index (χ2n) is 4.69. The van der Waals surface area contributed by atoms with Crippen molar-refractivity contribution in [3.05, 3.63) is 30.3 Å². The summed E-state index contributed by atoms with van der Waals surface area (Å²) in [7, 11) is 0. The van der Waals surface area contributed by atoms with Crippen molar-refractivity contribution in [3.8, 4) is 0 Å². The van der Waals surface area contributed by atoms with E-state index in [0.29, 0.717) is 0 Å². The highest BCUT2D eigenvalue weighted by atomic mass is 127. The summed E-state index contributed by atoms with van der Waals surface area (Å²) in [5, 5.41) is 10.0. The van der Waals surface area contributed by atoms with E-state index in [0.717, 1.165) is 38.6 Å². The number of nitrogens with zero attached hydrogens (tertiary/aromatic N) is 1. The summed E-state index contributed by atoms with van der Waals surface area (Å²) >= 11 is 0. The lowest BCUT2D eigenvalue weighted by Gasteiger charge is -2.11. The van der Waals surface area contributed by atoms with Crippen LogP contribution in [0.2, 0.25) is 0 Å². The molecule has 0 saturated carbocycles. The van der Waals surface area contributed by atoms with E-state index in [1.165, 1.54) is 18.5 Å². The van der Waals surface area contributed by atoms with Gasteiger partial charge in [-0.15, -0.1) is 24.0 Å². The zero-order valence-corrected chi connectivity index (χ0v) is 15.5. The van der Waals surface area contributed by atoms with Crippen molar-refractivity contribution >= 4 is 35.6 Å². The number of aliphatic imine (C=N–C) groups is 1. The molecule has 0 heterocycles. The van der Waals surface area contributed by atoms with E-state index in [9.17, 15) is 0 Å². The molecule has 120 valence electrons. The summed E-state index contributed by atoms with van der Waals surface area (Å²) < 4.78 is 0. The van der Waals surface area contributed by atoms with Crippen LogP contribution in [0.15, 0.2) is 35.3 Å². The summed E-state index contributed by atoms with van der Waals surface area (Å²) in [6.45, 7) is 7.96. The highest BCUT2D eigenvalue weighted by Crippen LogP contribution is 2.04. The lowest BCUT2D eigenvalue weighted by atomic mass is 10.3. The number of para-hydroxylation sites is 1. The number of guanidine groups is 1. The Hall–Kier alpha value is -0.980. The molecule has 1 rings (SSSR count). The van der Waals surface area contributed by atoms with Crippen LogP contribution in [0.5, 0.6) is 0 Å². The number of nitrogens with one attached hydrogen (secondary N) is 3. The number of unbranched alkanes of at least 4 members (excludes halogenated alkanes) is 1. The van der Waals surface area contributed by atoms with Crippen molar-refractivity contribution in [3.63, 3.8) is 0 Å². The number of anilines is 1. The molecule has 0 atom stereocenters. The molecule has 0 radical (unpaired) electrons. The van der Waals surface area contributed by atoms with Crippen molar-refractivity contribution in [1.29, 1.82) is 0 Å². The van der Waals surface area contributed by atoms with E-state index >= 15 is 0 Å². The monoisotopic (exact) mass is 404 g/mol. The predicted molar refractivity (Wildman–Crippen MR) is 104 cm³/mol. The quantitative estimate of drug-likeness (QED) is 0.256. The number of hydrogen-bond donors (Lipinski definition) is 3. The topological polar surface area (TPSA) is 48.5 Å². The lowest BCUT2D eigenvalue weighted by Crippen LogP contribution is -2.37. The standard InChI is InChI=1S/C16H28N4.HI/c1-3-5-12-19-16(17-4-2)20-14-9-13-18-15-10-7-6-8-11-15;/h6-8,10-11,18H,3-5,9,12-14H2,1-2H3,(H2,17,19,20);1H. The van der Waals surface area contributed by atoms with Crippen molar-refractivity contribution in [2.75, 3.05) is 31.5 Å².